The van der Waals surface area contributed by atoms with Crippen LogP contribution in [0.5, 0.6) is 0 Å². The van der Waals surface area contributed by atoms with Gasteiger partial charge in [0.2, 0.25) is 0 Å². The molecule has 3 unspecified atom stereocenters. The number of fused-ring (bicyclic) bond motifs is 1. The molecule has 1 aromatic heterocycles. The van der Waals surface area contributed by atoms with E-state index < -0.39 is 0 Å². The fraction of sp³-hybridized carbons (Fsp3) is 0.727. The molecule has 2 N–H and O–H groups in total. The molecule has 76 valence electrons. The van der Waals surface area contributed by atoms with Crippen LogP contribution in [0.3, 0.4) is 0 Å². The lowest BCUT2D eigenvalue weighted by Gasteiger charge is -2.19. The third-order valence-corrected chi connectivity index (χ3v) is 4.61. The monoisotopic (exact) mass is 208 g/mol. The van der Waals surface area contributed by atoms with E-state index in [1.165, 1.54) is 24.1 Å². The van der Waals surface area contributed by atoms with Crippen molar-refractivity contribution >= 4 is 11.3 Å². The van der Waals surface area contributed by atoms with Crippen LogP contribution in [0.4, 0.5) is 0 Å². The molecule has 0 aliphatic heterocycles. The predicted molar refractivity (Wildman–Crippen MR) is 58.1 cm³/mol. The van der Waals surface area contributed by atoms with Crippen molar-refractivity contribution in [2.45, 2.75) is 31.7 Å². The minimum absolute atomic E-state index is 0.378. The van der Waals surface area contributed by atoms with Crippen molar-refractivity contribution < 1.29 is 0 Å². The zero-order valence-corrected chi connectivity index (χ0v) is 9.04. The van der Waals surface area contributed by atoms with Gasteiger partial charge < -0.3 is 5.73 Å². The molecule has 3 atom stereocenters. The first-order valence-corrected chi connectivity index (χ1v) is 6.34. The van der Waals surface area contributed by atoms with E-state index in [1.807, 2.05) is 11.7 Å². The van der Waals surface area contributed by atoms with Crippen molar-refractivity contribution in [2.75, 3.05) is 0 Å². The number of nitrogens with zero attached hydrogens (tertiary/aromatic N) is 1. The molecule has 2 nitrogen and oxygen atoms in total. The summed E-state index contributed by atoms with van der Waals surface area (Å²) in [4.78, 5) is 5.43. The molecule has 0 radical (unpaired) electrons. The highest BCUT2D eigenvalue weighted by atomic mass is 32.1. The van der Waals surface area contributed by atoms with Gasteiger partial charge >= 0.3 is 0 Å². The van der Waals surface area contributed by atoms with Crippen LogP contribution in [0, 0.1) is 17.8 Å². The summed E-state index contributed by atoms with van der Waals surface area (Å²) in [6.45, 7) is 0. The molecule has 2 aliphatic rings. The van der Waals surface area contributed by atoms with E-state index in [2.05, 4.69) is 4.98 Å². The van der Waals surface area contributed by atoms with Gasteiger partial charge in [-0.2, -0.15) is 0 Å². The minimum atomic E-state index is 0.378. The third kappa shape index (κ3) is 1.59. The smallest absolute Gasteiger partial charge is 0.0794 e. The molecule has 2 aliphatic carbocycles. The Morgan fingerprint density at radius 1 is 1.43 bits per heavy atom. The van der Waals surface area contributed by atoms with E-state index in [1.54, 1.807) is 11.3 Å². The first-order valence-electron chi connectivity index (χ1n) is 5.46. The molecule has 14 heavy (non-hydrogen) atoms. The van der Waals surface area contributed by atoms with Crippen molar-refractivity contribution in [1.29, 1.82) is 0 Å². The maximum atomic E-state index is 6.23. The Hall–Kier alpha value is -0.410. The van der Waals surface area contributed by atoms with Gasteiger partial charge in [-0.05, 0) is 43.4 Å². The Kier molecular flexibility index (Phi) is 2.10. The van der Waals surface area contributed by atoms with Crippen LogP contribution in [0.15, 0.2) is 11.7 Å². The summed E-state index contributed by atoms with van der Waals surface area (Å²) >= 11 is 1.73. The van der Waals surface area contributed by atoms with E-state index in [0.717, 1.165) is 24.2 Å². The van der Waals surface area contributed by atoms with Gasteiger partial charge in [0.1, 0.15) is 0 Å². The zero-order valence-electron chi connectivity index (χ0n) is 8.23. The minimum Gasteiger partial charge on any atom is -0.327 e. The molecule has 2 saturated carbocycles. The quantitative estimate of drug-likeness (QED) is 0.825. The molecule has 3 rings (SSSR count). The fourth-order valence-electron chi connectivity index (χ4n) is 2.85. The van der Waals surface area contributed by atoms with Crippen LogP contribution in [-0.2, 0) is 6.42 Å². The van der Waals surface area contributed by atoms with Gasteiger partial charge in [0.05, 0.1) is 5.51 Å². The Labute approximate surface area is 88.5 Å². The van der Waals surface area contributed by atoms with Crippen LogP contribution < -0.4 is 5.73 Å². The van der Waals surface area contributed by atoms with E-state index in [-0.39, 0.29) is 0 Å². The summed E-state index contributed by atoms with van der Waals surface area (Å²) in [6.07, 6.45) is 7.27. The largest absolute Gasteiger partial charge is 0.327 e. The van der Waals surface area contributed by atoms with Crippen LogP contribution in [0.2, 0.25) is 0 Å². The Bertz CT molecular complexity index is 299. The number of aromatic nitrogens is 1. The van der Waals surface area contributed by atoms with Gasteiger partial charge in [-0.3, -0.25) is 4.98 Å². The number of rotatable bonds is 3. The first-order chi connectivity index (χ1) is 6.83. The van der Waals surface area contributed by atoms with Crippen molar-refractivity contribution in [1.82, 2.24) is 4.98 Å². The second kappa shape index (κ2) is 3.31. The summed E-state index contributed by atoms with van der Waals surface area (Å²) < 4.78 is 0. The van der Waals surface area contributed by atoms with Gasteiger partial charge in [0.15, 0.2) is 0 Å². The Morgan fingerprint density at radius 2 is 2.21 bits per heavy atom. The molecule has 0 bridgehead atoms. The fourth-order valence-corrected chi connectivity index (χ4v) is 3.52. The summed E-state index contributed by atoms with van der Waals surface area (Å²) in [6, 6.07) is 0.378. The molecule has 1 heterocycles. The molecule has 0 spiro atoms. The van der Waals surface area contributed by atoms with Crippen molar-refractivity contribution in [3.05, 3.63) is 16.6 Å². The van der Waals surface area contributed by atoms with Gasteiger partial charge in [-0.25, -0.2) is 0 Å². The summed E-state index contributed by atoms with van der Waals surface area (Å²) in [7, 11) is 0. The second-order valence-corrected chi connectivity index (χ2v) is 5.79. The normalized spacial score (nSPS) is 36.8. The highest BCUT2D eigenvalue weighted by Gasteiger charge is 2.47. The zero-order chi connectivity index (χ0) is 9.54. The average molecular weight is 208 g/mol. The SMILES string of the molecule is NC(Cc1cncs1)C1CC2CC2C1. The van der Waals surface area contributed by atoms with Crippen LogP contribution in [0.25, 0.3) is 0 Å². The highest BCUT2D eigenvalue weighted by molar-refractivity contribution is 7.09. The number of hydrogen-bond acceptors (Lipinski definition) is 3. The summed E-state index contributed by atoms with van der Waals surface area (Å²) in [5.74, 6) is 2.89. The standard InChI is InChI=1S/C11H16N2S/c12-11(4-10-5-13-6-14-10)9-2-7-1-8(7)3-9/h5-9,11H,1-4,12H2. The van der Waals surface area contributed by atoms with E-state index in [9.17, 15) is 0 Å². The third-order valence-electron chi connectivity index (χ3n) is 3.81. The van der Waals surface area contributed by atoms with E-state index >= 15 is 0 Å². The highest BCUT2D eigenvalue weighted by Crippen LogP contribution is 2.55. The van der Waals surface area contributed by atoms with Gasteiger partial charge in [-0.1, -0.05) is 0 Å². The maximum Gasteiger partial charge on any atom is 0.0794 e. The van der Waals surface area contributed by atoms with Crippen molar-refractivity contribution in [2.24, 2.45) is 23.5 Å². The van der Waals surface area contributed by atoms with Crippen molar-refractivity contribution in [3.63, 3.8) is 0 Å². The molecule has 3 heteroatoms. The Balaban J connectivity index is 1.58. The number of nitrogens with two attached hydrogens (primary N) is 1. The molecular formula is C11H16N2S. The summed E-state index contributed by atoms with van der Waals surface area (Å²) in [5, 5.41) is 0. The van der Waals surface area contributed by atoms with E-state index in [0.29, 0.717) is 6.04 Å². The molecule has 1 aromatic rings. The molecule has 0 aromatic carbocycles. The van der Waals surface area contributed by atoms with Gasteiger partial charge in [-0.15, -0.1) is 11.3 Å². The van der Waals surface area contributed by atoms with E-state index in [4.69, 9.17) is 5.73 Å². The topological polar surface area (TPSA) is 38.9 Å². The molecule has 2 fully saturated rings. The lowest BCUT2D eigenvalue weighted by molar-refractivity contribution is 0.394. The number of thiazole rings is 1. The van der Waals surface area contributed by atoms with Gasteiger partial charge in [0, 0.05) is 17.1 Å². The maximum absolute atomic E-state index is 6.23. The van der Waals surface area contributed by atoms with Crippen molar-refractivity contribution in [3.8, 4) is 0 Å². The second-order valence-electron chi connectivity index (χ2n) is 4.82. The van der Waals surface area contributed by atoms with Crippen LogP contribution in [0.1, 0.15) is 24.1 Å². The molecule has 0 amide bonds. The number of hydrogen-bond donors (Lipinski definition) is 1. The van der Waals surface area contributed by atoms with Crippen LogP contribution in [-0.4, -0.2) is 11.0 Å². The average Bonchev–Trinajstić information content (AvgIpc) is 2.68. The van der Waals surface area contributed by atoms with Crippen LogP contribution >= 0.6 is 11.3 Å². The predicted octanol–water partition coefficient (Wildman–Crippen LogP) is 2.06. The molecular weight excluding hydrogens is 192 g/mol. The van der Waals surface area contributed by atoms with Gasteiger partial charge in [0.25, 0.3) is 0 Å². The first kappa shape index (κ1) is 8.86. The summed E-state index contributed by atoms with van der Waals surface area (Å²) in [5.41, 5.74) is 8.13. The molecule has 0 saturated heterocycles. The lowest BCUT2D eigenvalue weighted by atomic mass is 9.93. The lowest BCUT2D eigenvalue weighted by Crippen LogP contribution is -2.31. The Morgan fingerprint density at radius 3 is 2.86 bits per heavy atom.